The minimum absolute atomic E-state index is 0.165. The van der Waals surface area contributed by atoms with Gasteiger partial charge in [-0.25, -0.2) is 15.0 Å². The first-order valence-electron chi connectivity index (χ1n) is 15.6. The average Bonchev–Trinajstić information content (AvgIpc) is 3.80. The summed E-state index contributed by atoms with van der Waals surface area (Å²) in [4.78, 5) is 47.8. The standard InChI is InChI=1S/C28H37N7O13P2/c1-27(2)45-18-15(43-25(20(18)47-27)34-7-5-6-14(8-34)23(30)36)9-41-49(37,38)13-50(39,40)42-10-16-19-21(48-28(3,4)46-19)26(44-16)35-12-33-17-22(29)31-11-32-24(17)35/h5-8,11-12,15-16,18-21,25-26H,9-10,13H2,1-4H3,(H5-,29,30,31,32,36,37,38,39,40)/t15-,16-,18-,19-,20-,21-,25-,26-/m1/s1. The van der Waals surface area contributed by atoms with Gasteiger partial charge in [0, 0.05) is 6.07 Å². The Kier molecular flexibility index (Phi) is 8.94. The number of nitrogens with zero attached hydrogens (tertiary/aromatic N) is 5. The predicted octanol–water partition coefficient (Wildman–Crippen LogP) is 0.0596. The zero-order valence-electron chi connectivity index (χ0n) is 27.3. The van der Waals surface area contributed by atoms with Gasteiger partial charge >= 0.3 is 7.60 Å². The maximum atomic E-state index is 13.1. The van der Waals surface area contributed by atoms with E-state index in [0.29, 0.717) is 11.2 Å². The molecular formula is C28H37N7O13P2. The summed E-state index contributed by atoms with van der Waals surface area (Å²) in [6.07, 6.45) is -0.707. The first-order valence-corrected chi connectivity index (χ1v) is 19.1. The zero-order valence-corrected chi connectivity index (χ0v) is 29.1. The number of rotatable bonds is 11. The minimum Gasteiger partial charge on any atom is -0.778 e. The number of carbonyl (C=O) groups excluding carboxylic acids is 1. The molecule has 10 atom stereocenters. The predicted molar refractivity (Wildman–Crippen MR) is 165 cm³/mol. The van der Waals surface area contributed by atoms with E-state index in [0.717, 1.165) is 0 Å². The average molecular weight is 742 g/mol. The molecule has 7 heterocycles. The topological polar surface area (TPSA) is 268 Å². The lowest BCUT2D eigenvalue weighted by atomic mass is 10.1. The number of amides is 1. The van der Waals surface area contributed by atoms with Crippen molar-refractivity contribution < 1.29 is 65.7 Å². The third kappa shape index (κ3) is 6.96. The molecule has 2 unspecified atom stereocenters. The molecule has 3 aromatic heterocycles. The molecule has 4 aliphatic heterocycles. The molecule has 7 rings (SSSR count). The summed E-state index contributed by atoms with van der Waals surface area (Å²) in [5.41, 5.74) is 12.3. The third-order valence-corrected chi connectivity index (χ3v) is 12.5. The lowest BCUT2D eigenvalue weighted by molar-refractivity contribution is -0.766. The molecule has 4 saturated heterocycles. The molecule has 4 aliphatic rings. The van der Waals surface area contributed by atoms with Crippen molar-refractivity contribution in [1.29, 1.82) is 0 Å². The van der Waals surface area contributed by atoms with E-state index >= 15 is 0 Å². The number of anilines is 1. The summed E-state index contributed by atoms with van der Waals surface area (Å²) >= 11 is 0. The molecule has 0 spiro atoms. The number of aromatic nitrogens is 5. The van der Waals surface area contributed by atoms with Gasteiger partial charge in [0.25, 0.3) is 12.1 Å². The fraction of sp³-hybridized carbons (Fsp3) is 0.607. The SMILES string of the molecule is CC1(C)O[C@@H]2[C@H](O1)[C@@H](COP(=O)(O)CP(=O)([O-])OC[C@H]1O[C@@H]([n+]3cccc(C(N)=O)c3)[C@@H]3OC(C)(C)O[C@@H]31)O[C@H]2n1cnc2c(N)ncnc21. The molecule has 5 N–H and O–H groups in total. The Morgan fingerprint density at radius 2 is 1.64 bits per heavy atom. The Morgan fingerprint density at radius 1 is 1.00 bits per heavy atom. The zero-order chi connectivity index (χ0) is 35.8. The maximum absolute atomic E-state index is 13.1. The summed E-state index contributed by atoms with van der Waals surface area (Å²) in [5.74, 6) is -3.89. The van der Waals surface area contributed by atoms with Crippen LogP contribution in [-0.4, -0.2) is 97.6 Å². The van der Waals surface area contributed by atoms with E-state index in [1.807, 2.05) is 0 Å². The minimum atomic E-state index is -5.00. The highest BCUT2D eigenvalue weighted by Gasteiger charge is 2.60. The van der Waals surface area contributed by atoms with Gasteiger partial charge in [0.2, 0.25) is 0 Å². The van der Waals surface area contributed by atoms with Crippen molar-refractivity contribution in [3.63, 3.8) is 0 Å². The van der Waals surface area contributed by atoms with Crippen LogP contribution in [0.1, 0.15) is 50.5 Å². The molecule has 22 heteroatoms. The van der Waals surface area contributed by atoms with Crippen LogP contribution < -0.4 is 20.9 Å². The molecule has 4 fully saturated rings. The third-order valence-electron chi connectivity index (χ3n) is 8.54. The summed E-state index contributed by atoms with van der Waals surface area (Å²) in [6.45, 7) is 5.70. The molecule has 0 saturated carbocycles. The normalized spacial score (nSPS) is 33.6. The number of pyridine rings is 1. The number of carbonyl (C=O) groups is 1. The van der Waals surface area contributed by atoms with Gasteiger partial charge in [-0.3, -0.25) is 13.9 Å². The van der Waals surface area contributed by atoms with Crippen molar-refractivity contribution in [2.24, 2.45) is 5.73 Å². The second kappa shape index (κ2) is 12.6. The van der Waals surface area contributed by atoms with Crippen LogP contribution in [0, 0.1) is 0 Å². The molecule has 50 heavy (non-hydrogen) atoms. The van der Waals surface area contributed by atoms with Gasteiger partial charge in [0.15, 0.2) is 47.8 Å². The smallest absolute Gasteiger partial charge is 0.336 e. The van der Waals surface area contributed by atoms with E-state index in [1.54, 1.807) is 49.1 Å². The summed E-state index contributed by atoms with van der Waals surface area (Å²) in [5, 5.41) is 0. The maximum Gasteiger partial charge on any atom is 0.336 e. The monoisotopic (exact) mass is 741 g/mol. The fourth-order valence-corrected chi connectivity index (χ4v) is 9.74. The van der Waals surface area contributed by atoms with E-state index in [1.165, 1.54) is 24.9 Å². The van der Waals surface area contributed by atoms with Crippen molar-refractivity contribution in [3.8, 4) is 0 Å². The summed E-state index contributed by atoms with van der Waals surface area (Å²) in [7, 11) is -9.82. The molecule has 3 aromatic rings. The molecule has 272 valence electrons. The van der Waals surface area contributed by atoms with Crippen LogP contribution in [0.25, 0.3) is 11.2 Å². The van der Waals surface area contributed by atoms with Crippen LogP contribution >= 0.6 is 15.2 Å². The molecular weight excluding hydrogens is 704 g/mol. The number of nitrogens with two attached hydrogens (primary N) is 2. The van der Waals surface area contributed by atoms with Crippen molar-refractivity contribution >= 4 is 38.1 Å². The highest BCUT2D eigenvalue weighted by molar-refractivity contribution is 7.69. The van der Waals surface area contributed by atoms with Gasteiger partial charge in [-0.1, -0.05) is 0 Å². The van der Waals surface area contributed by atoms with Crippen molar-refractivity contribution in [3.05, 3.63) is 42.7 Å². The van der Waals surface area contributed by atoms with E-state index in [2.05, 4.69) is 15.0 Å². The second-order valence-corrected chi connectivity index (χ2v) is 17.4. The summed E-state index contributed by atoms with van der Waals surface area (Å²) in [6, 6.07) is 3.13. The molecule has 0 radical (unpaired) electrons. The summed E-state index contributed by atoms with van der Waals surface area (Å²) < 4.78 is 76.1. The number of fused-ring (bicyclic) bond motifs is 3. The fourth-order valence-electron chi connectivity index (χ4n) is 6.58. The van der Waals surface area contributed by atoms with E-state index in [9.17, 15) is 23.7 Å². The van der Waals surface area contributed by atoms with Gasteiger partial charge in [0.05, 0.1) is 19.5 Å². The molecule has 20 nitrogen and oxygen atoms in total. The number of hydrogen-bond donors (Lipinski definition) is 3. The van der Waals surface area contributed by atoms with E-state index < -0.39 is 101 Å². The lowest BCUT2D eigenvalue weighted by Gasteiger charge is -2.28. The van der Waals surface area contributed by atoms with E-state index in [4.69, 9.17) is 48.9 Å². The largest absolute Gasteiger partial charge is 0.778 e. The van der Waals surface area contributed by atoms with Crippen LogP contribution in [0.3, 0.4) is 0 Å². The van der Waals surface area contributed by atoms with Crippen molar-refractivity contribution in [2.75, 3.05) is 24.9 Å². The number of primary amides is 1. The number of hydrogen-bond acceptors (Lipinski definition) is 16. The molecule has 0 aliphatic carbocycles. The quantitative estimate of drug-likeness (QED) is 0.173. The lowest BCUT2D eigenvalue weighted by Crippen LogP contribution is -2.46. The first kappa shape index (κ1) is 35.4. The molecule has 0 aromatic carbocycles. The first-order chi connectivity index (χ1) is 23.4. The van der Waals surface area contributed by atoms with Gasteiger partial charge in [-0.05, 0) is 33.8 Å². The Bertz CT molecular complexity index is 1890. The number of nitrogen functional groups attached to an aromatic ring is 1. The highest BCUT2D eigenvalue weighted by Crippen LogP contribution is 2.57. The second-order valence-electron chi connectivity index (χ2n) is 13.2. The van der Waals surface area contributed by atoms with Gasteiger partial charge in [-0.2, -0.15) is 4.57 Å². The number of imidazole rings is 1. The Morgan fingerprint density at radius 3 is 2.36 bits per heavy atom. The van der Waals surface area contributed by atoms with Crippen LogP contribution in [0.15, 0.2) is 37.2 Å². The highest BCUT2D eigenvalue weighted by atomic mass is 31.2. The molecule has 0 bridgehead atoms. The van der Waals surface area contributed by atoms with Gasteiger partial charge in [0.1, 0.15) is 61.4 Å². The molecule has 1 amide bonds. The van der Waals surface area contributed by atoms with Crippen LogP contribution in [-0.2, 0) is 46.6 Å². The van der Waals surface area contributed by atoms with Gasteiger partial charge < -0.3 is 63.3 Å². The number of ether oxygens (including phenoxy) is 6. The van der Waals surface area contributed by atoms with Crippen LogP contribution in [0.5, 0.6) is 0 Å². The van der Waals surface area contributed by atoms with Gasteiger partial charge in [-0.15, -0.1) is 0 Å². The van der Waals surface area contributed by atoms with Crippen LogP contribution in [0.2, 0.25) is 0 Å². The Balaban J connectivity index is 0.998. The van der Waals surface area contributed by atoms with Crippen molar-refractivity contribution in [1.82, 2.24) is 19.5 Å². The van der Waals surface area contributed by atoms with Crippen LogP contribution in [0.4, 0.5) is 5.82 Å². The van der Waals surface area contributed by atoms with E-state index in [-0.39, 0.29) is 11.4 Å². The Hall–Kier alpha value is -2.97. The Labute approximate surface area is 284 Å². The van der Waals surface area contributed by atoms with Crippen molar-refractivity contribution in [2.45, 2.75) is 88.3 Å².